The van der Waals surface area contributed by atoms with E-state index in [4.69, 9.17) is 8.85 Å². The molecule has 0 fully saturated rings. The van der Waals surface area contributed by atoms with Gasteiger partial charge in [0.1, 0.15) is 0 Å². The van der Waals surface area contributed by atoms with Gasteiger partial charge >= 0.3 is 0 Å². The van der Waals surface area contributed by atoms with Crippen LogP contribution in [0.2, 0.25) is 78.6 Å². The lowest BCUT2D eigenvalue weighted by Gasteiger charge is -2.58. The van der Waals surface area contributed by atoms with E-state index in [0.717, 1.165) is 12.2 Å². The van der Waals surface area contributed by atoms with Gasteiger partial charge in [-0.3, -0.25) is 0 Å². The predicted octanol–water partition coefficient (Wildman–Crippen LogP) is 7.37. The minimum absolute atomic E-state index is 0.0862. The molecule has 0 amide bonds. The molecule has 0 spiro atoms. The van der Waals surface area contributed by atoms with Crippen LogP contribution < -0.4 is 0 Å². The van der Waals surface area contributed by atoms with Crippen LogP contribution in [0.15, 0.2) is 12.3 Å². The van der Waals surface area contributed by atoms with Crippen molar-refractivity contribution in [2.24, 2.45) is 5.41 Å². The molecule has 0 aliphatic carbocycles. The van der Waals surface area contributed by atoms with E-state index in [1.165, 1.54) is 0 Å². The number of hydrogen-bond donors (Lipinski definition) is 0. The van der Waals surface area contributed by atoms with Crippen LogP contribution in [0, 0.1) is 5.41 Å². The highest BCUT2D eigenvalue weighted by atomic mass is 29.9. The molecule has 0 aliphatic rings. The lowest BCUT2D eigenvalue weighted by molar-refractivity contribution is 0.0795. The first-order valence-corrected chi connectivity index (χ1v) is 29.3. The molecule has 0 aromatic rings. The van der Waals surface area contributed by atoms with Gasteiger partial charge in [0.25, 0.3) is 0 Å². The Morgan fingerprint density at radius 1 is 0.741 bits per heavy atom. The standard InChI is InChI=1S/C20H50O2Si5/c1-18(21-23(5,6)7)17-19(20(2,3)4)22-27(24(8,9)10,25(11,12)13)26(14,15)16/h19H,1,17H2,2-16H3. The Morgan fingerprint density at radius 3 is 1.30 bits per heavy atom. The van der Waals surface area contributed by atoms with Crippen molar-refractivity contribution in [1.29, 1.82) is 0 Å². The molecular formula is C20H50O2Si5. The molecule has 0 saturated carbocycles. The van der Waals surface area contributed by atoms with Crippen LogP contribution in [0.4, 0.5) is 0 Å². The fraction of sp³-hybridized carbons (Fsp3) is 0.900. The summed E-state index contributed by atoms with van der Waals surface area (Å²) in [5.41, 5.74) is 0.0862. The average Bonchev–Trinajstić information content (AvgIpc) is 2.24. The molecule has 1 atom stereocenters. The Hall–Kier alpha value is 0.584. The Labute approximate surface area is 176 Å². The van der Waals surface area contributed by atoms with Gasteiger partial charge in [-0.05, 0) is 25.1 Å². The zero-order valence-electron chi connectivity index (χ0n) is 21.3. The molecule has 0 aliphatic heterocycles. The van der Waals surface area contributed by atoms with E-state index in [-0.39, 0.29) is 11.5 Å². The molecule has 0 N–H and O–H groups in total. The average molecular weight is 463 g/mol. The molecule has 27 heavy (non-hydrogen) atoms. The molecule has 0 aromatic heterocycles. The molecule has 1 unspecified atom stereocenters. The molecule has 0 radical (unpaired) electrons. The van der Waals surface area contributed by atoms with Gasteiger partial charge in [0.2, 0.25) is 8.32 Å². The van der Waals surface area contributed by atoms with Crippen molar-refractivity contribution in [1.82, 2.24) is 0 Å². The van der Waals surface area contributed by atoms with Crippen molar-refractivity contribution in [3.05, 3.63) is 12.3 Å². The highest BCUT2D eigenvalue weighted by Gasteiger charge is 2.64. The number of hydrogen-bond acceptors (Lipinski definition) is 2. The second-order valence-corrected chi connectivity index (χ2v) is 57.2. The van der Waals surface area contributed by atoms with Crippen molar-refractivity contribution in [2.75, 3.05) is 0 Å². The molecule has 0 rings (SSSR count). The first kappa shape index (κ1) is 27.6. The highest BCUT2D eigenvalue weighted by molar-refractivity contribution is 7.87. The van der Waals surface area contributed by atoms with Crippen LogP contribution >= 0.6 is 0 Å². The van der Waals surface area contributed by atoms with Crippen molar-refractivity contribution in [3.63, 3.8) is 0 Å². The lowest BCUT2D eigenvalue weighted by atomic mass is 9.87. The van der Waals surface area contributed by atoms with Crippen LogP contribution in [0.25, 0.3) is 0 Å². The van der Waals surface area contributed by atoms with Crippen molar-refractivity contribution in [3.8, 4) is 0 Å². The first-order chi connectivity index (χ1) is 11.5. The van der Waals surface area contributed by atoms with E-state index in [9.17, 15) is 0 Å². The fourth-order valence-electron chi connectivity index (χ4n) is 5.32. The van der Waals surface area contributed by atoms with E-state index >= 15 is 0 Å². The van der Waals surface area contributed by atoms with Gasteiger partial charge in [-0.1, -0.05) is 86.3 Å². The molecule has 7 heteroatoms. The maximum atomic E-state index is 7.58. The van der Waals surface area contributed by atoms with Crippen LogP contribution in [-0.4, -0.2) is 44.1 Å². The van der Waals surface area contributed by atoms with Crippen molar-refractivity contribution < 1.29 is 8.85 Å². The third kappa shape index (κ3) is 7.10. The van der Waals surface area contributed by atoms with Crippen LogP contribution in [0.5, 0.6) is 0 Å². The van der Waals surface area contributed by atoms with Gasteiger partial charge in [0.05, 0.1) is 34.6 Å². The zero-order valence-corrected chi connectivity index (χ0v) is 26.3. The summed E-state index contributed by atoms with van der Waals surface area (Å²) in [5, 5.41) is 0. The van der Waals surface area contributed by atoms with Crippen molar-refractivity contribution >= 4 is 38.0 Å². The van der Waals surface area contributed by atoms with E-state index in [0.29, 0.717) is 0 Å². The summed E-state index contributed by atoms with van der Waals surface area (Å²) >= 11 is 0. The second kappa shape index (κ2) is 8.37. The van der Waals surface area contributed by atoms with Gasteiger partial charge in [0.15, 0.2) is 6.87 Å². The Kier molecular flexibility index (Phi) is 8.56. The summed E-state index contributed by atoms with van der Waals surface area (Å²) < 4.78 is 13.8. The smallest absolute Gasteiger partial charge is 0.241 e. The summed E-state index contributed by atoms with van der Waals surface area (Å²) in [6, 6.07) is 0. The van der Waals surface area contributed by atoms with Gasteiger partial charge in [-0.2, -0.15) is 0 Å². The Bertz CT molecular complexity index is 475. The molecule has 0 bridgehead atoms. The quantitative estimate of drug-likeness (QED) is 0.263. The molecule has 0 saturated heterocycles. The summed E-state index contributed by atoms with van der Waals surface area (Å²) in [7, 11) is -6.04. The maximum Gasteiger partial charge on any atom is 0.241 e. The topological polar surface area (TPSA) is 18.5 Å². The first-order valence-electron chi connectivity index (χ1n) is 10.5. The van der Waals surface area contributed by atoms with E-state index < -0.39 is 38.0 Å². The lowest BCUT2D eigenvalue weighted by Crippen LogP contribution is -2.85. The van der Waals surface area contributed by atoms with E-state index in [1.807, 2.05) is 0 Å². The second-order valence-electron chi connectivity index (χ2n) is 13.4. The van der Waals surface area contributed by atoms with Crippen LogP contribution in [-0.2, 0) is 8.85 Å². The van der Waals surface area contributed by atoms with Gasteiger partial charge < -0.3 is 8.85 Å². The fourth-order valence-corrected chi connectivity index (χ4v) is 100. The predicted molar refractivity (Wildman–Crippen MR) is 138 cm³/mol. The summed E-state index contributed by atoms with van der Waals surface area (Å²) in [4.78, 5) is 0. The minimum atomic E-state index is -1.87. The third-order valence-electron chi connectivity index (χ3n) is 5.32. The van der Waals surface area contributed by atoms with Crippen LogP contribution in [0.1, 0.15) is 27.2 Å². The van der Waals surface area contributed by atoms with Crippen LogP contribution in [0.3, 0.4) is 0 Å². The Balaban J connectivity index is 6.24. The number of rotatable bonds is 9. The highest BCUT2D eigenvalue weighted by Crippen LogP contribution is 2.42. The zero-order chi connectivity index (χ0) is 22.3. The largest absolute Gasteiger partial charge is 0.548 e. The minimum Gasteiger partial charge on any atom is -0.548 e. The SMILES string of the molecule is C=C(CC(O[Si]([Si](C)(C)C)([Si](C)(C)C)[Si](C)(C)C)C(C)(C)C)O[Si](C)(C)C. The molecule has 162 valence electrons. The Morgan fingerprint density at radius 2 is 1.07 bits per heavy atom. The maximum absolute atomic E-state index is 7.58. The van der Waals surface area contributed by atoms with Gasteiger partial charge in [-0.25, -0.2) is 0 Å². The molecular weight excluding hydrogens is 413 g/mol. The monoisotopic (exact) mass is 462 g/mol. The summed E-state index contributed by atoms with van der Waals surface area (Å²) in [6.45, 7) is 39.4. The summed E-state index contributed by atoms with van der Waals surface area (Å²) in [6.07, 6.45) is 1.03. The molecule has 2 nitrogen and oxygen atoms in total. The van der Waals surface area contributed by atoms with E-state index in [2.05, 4.69) is 106 Å². The molecule has 0 aromatic carbocycles. The summed E-state index contributed by atoms with van der Waals surface area (Å²) in [5.74, 6) is 0.929. The van der Waals surface area contributed by atoms with E-state index in [1.54, 1.807) is 0 Å². The normalized spacial score (nSPS) is 16.3. The molecule has 0 heterocycles. The van der Waals surface area contributed by atoms with Crippen molar-refractivity contribution in [2.45, 2.75) is 112 Å². The third-order valence-corrected chi connectivity index (χ3v) is 73.8. The van der Waals surface area contributed by atoms with Gasteiger partial charge in [0, 0.05) is 6.42 Å². The van der Waals surface area contributed by atoms with Gasteiger partial charge in [-0.15, -0.1) is 0 Å².